The molecule has 0 radical (unpaired) electrons. The smallest absolute Gasteiger partial charge is 0.358 e. The first-order valence-electron chi connectivity index (χ1n) is 4.59. The fourth-order valence-electron chi connectivity index (χ4n) is 1.15. The zero-order valence-corrected chi connectivity index (χ0v) is 10.3. The average Bonchev–Trinajstić information content (AvgIpc) is 2.21. The number of halogens is 3. The number of aromatic nitrogens is 1. The maximum Gasteiger partial charge on any atom is 0.358 e. The van der Waals surface area contributed by atoms with Crippen LogP contribution in [0.2, 0.25) is 0 Å². The summed E-state index contributed by atoms with van der Waals surface area (Å²) in [5.41, 5.74) is 0.122. The van der Waals surface area contributed by atoms with Crippen molar-refractivity contribution in [2.45, 2.75) is 20.3 Å². The van der Waals surface area contributed by atoms with Crippen LogP contribution in [0.15, 0.2) is 10.7 Å². The van der Waals surface area contributed by atoms with Gasteiger partial charge in [-0.1, -0.05) is 0 Å². The zero-order valence-electron chi connectivity index (χ0n) is 8.76. The van der Waals surface area contributed by atoms with E-state index in [0.29, 0.717) is 5.56 Å². The molecule has 1 heterocycles. The first kappa shape index (κ1) is 13.0. The van der Waals surface area contributed by atoms with E-state index in [4.69, 9.17) is 4.74 Å². The maximum absolute atomic E-state index is 12.5. The minimum Gasteiger partial charge on any atom is -0.461 e. The molecule has 0 aromatic carbocycles. The Bertz CT molecular complexity index is 410. The van der Waals surface area contributed by atoms with Gasteiger partial charge in [-0.25, -0.2) is 18.6 Å². The number of rotatable bonds is 3. The monoisotopic (exact) mass is 293 g/mol. The number of carbonyl (C=O) groups excluding carboxylic acids is 1. The molecule has 0 saturated carbocycles. The number of alkyl halides is 2. The number of hydrogen-bond donors (Lipinski definition) is 0. The molecule has 88 valence electrons. The highest BCUT2D eigenvalue weighted by atomic mass is 79.9. The molecule has 1 aromatic heterocycles. The van der Waals surface area contributed by atoms with Crippen LogP contribution in [0.3, 0.4) is 0 Å². The molecule has 0 N–H and O–H groups in total. The Morgan fingerprint density at radius 1 is 1.62 bits per heavy atom. The van der Waals surface area contributed by atoms with E-state index in [1.807, 2.05) is 0 Å². The van der Waals surface area contributed by atoms with Crippen molar-refractivity contribution >= 4 is 21.9 Å². The first-order valence-corrected chi connectivity index (χ1v) is 5.38. The van der Waals surface area contributed by atoms with Crippen LogP contribution in [0, 0.1) is 6.92 Å². The summed E-state index contributed by atoms with van der Waals surface area (Å²) in [6.45, 7) is 3.37. The van der Waals surface area contributed by atoms with Crippen LogP contribution in [0.25, 0.3) is 0 Å². The van der Waals surface area contributed by atoms with Crippen molar-refractivity contribution in [2.75, 3.05) is 6.61 Å². The van der Waals surface area contributed by atoms with Gasteiger partial charge in [-0.05, 0) is 35.3 Å². The molecule has 0 aliphatic heterocycles. The van der Waals surface area contributed by atoms with Gasteiger partial charge in [0.2, 0.25) is 0 Å². The molecule has 0 aliphatic rings. The molecule has 6 heteroatoms. The summed E-state index contributed by atoms with van der Waals surface area (Å²) < 4.78 is 30.0. The molecule has 0 amide bonds. The normalized spacial score (nSPS) is 10.6. The van der Waals surface area contributed by atoms with Gasteiger partial charge in [-0.3, -0.25) is 0 Å². The van der Waals surface area contributed by atoms with Crippen LogP contribution in [-0.2, 0) is 4.74 Å². The minimum atomic E-state index is -2.61. The summed E-state index contributed by atoms with van der Waals surface area (Å²) in [4.78, 5) is 15.1. The molecular weight excluding hydrogens is 284 g/mol. The summed E-state index contributed by atoms with van der Waals surface area (Å²) in [6, 6.07) is 0. The van der Waals surface area contributed by atoms with Gasteiger partial charge in [0, 0.05) is 11.8 Å². The lowest BCUT2D eigenvalue weighted by Gasteiger charge is -2.09. The summed E-state index contributed by atoms with van der Waals surface area (Å²) in [7, 11) is 0. The fourth-order valence-corrected chi connectivity index (χ4v) is 1.65. The van der Waals surface area contributed by atoms with E-state index in [0.717, 1.165) is 6.20 Å². The van der Waals surface area contributed by atoms with Crippen LogP contribution in [0.5, 0.6) is 0 Å². The fraction of sp³-hybridized carbons (Fsp3) is 0.400. The number of hydrogen-bond acceptors (Lipinski definition) is 3. The van der Waals surface area contributed by atoms with Gasteiger partial charge in [0.05, 0.1) is 11.1 Å². The Hall–Kier alpha value is -1.04. The third-order valence-corrected chi connectivity index (χ3v) is 2.98. The third kappa shape index (κ3) is 2.55. The lowest BCUT2D eigenvalue weighted by molar-refractivity contribution is 0.0517. The van der Waals surface area contributed by atoms with Crippen LogP contribution in [0.4, 0.5) is 8.78 Å². The van der Waals surface area contributed by atoms with Crippen molar-refractivity contribution in [1.82, 2.24) is 4.98 Å². The molecule has 1 aromatic rings. The highest BCUT2D eigenvalue weighted by Crippen LogP contribution is 2.29. The lowest BCUT2D eigenvalue weighted by Crippen LogP contribution is -2.10. The molecule has 0 bridgehead atoms. The van der Waals surface area contributed by atoms with Gasteiger partial charge in [-0.2, -0.15) is 0 Å². The molecular formula is C10H10BrF2NO2. The molecule has 0 saturated heterocycles. The van der Waals surface area contributed by atoms with Gasteiger partial charge in [-0.15, -0.1) is 0 Å². The number of nitrogens with zero attached hydrogens (tertiary/aromatic N) is 1. The Morgan fingerprint density at radius 3 is 2.75 bits per heavy atom. The van der Waals surface area contributed by atoms with Crippen LogP contribution >= 0.6 is 15.9 Å². The molecule has 1 rings (SSSR count). The third-order valence-electron chi connectivity index (χ3n) is 2.01. The summed E-state index contributed by atoms with van der Waals surface area (Å²) in [5, 5.41) is 0. The Morgan fingerprint density at radius 2 is 2.25 bits per heavy atom. The van der Waals surface area contributed by atoms with Crippen LogP contribution in [-0.4, -0.2) is 17.6 Å². The van der Waals surface area contributed by atoms with Crippen molar-refractivity contribution in [3.63, 3.8) is 0 Å². The van der Waals surface area contributed by atoms with Crippen molar-refractivity contribution in [3.05, 3.63) is 27.5 Å². The number of esters is 1. The Balaban J connectivity index is 3.16. The second-order valence-electron chi connectivity index (χ2n) is 3.02. The molecule has 0 atom stereocenters. The summed E-state index contributed by atoms with van der Waals surface area (Å²) >= 11 is 3.07. The summed E-state index contributed by atoms with van der Waals surface area (Å²) in [5.74, 6) is -0.627. The highest BCUT2D eigenvalue weighted by molar-refractivity contribution is 9.10. The maximum atomic E-state index is 12.5. The molecule has 0 fully saturated rings. The largest absolute Gasteiger partial charge is 0.461 e. The van der Waals surface area contributed by atoms with E-state index in [-0.39, 0.29) is 22.3 Å². The van der Waals surface area contributed by atoms with Gasteiger partial charge < -0.3 is 4.74 Å². The number of pyridine rings is 1. The van der Waals surface area contributed by atoms with Crippen molar-refractivity contribution in [2.24, 2.45) is 0 Å². The Kier molecular flexibility index (Phi) is 4.35. The van der Waals surface area contributed by atoms with Crippen molar-refractivity contribution < 1.29 is 18.3 Å². The average molecular weight is 294 g/mol. The van der Waals surface area contributed by atoms with Gasteiger partial charge >= 0.3 is 5.97 Å². The SMILES string of the molecule is CCOC(=O)c1ncc(C(F)F)c(C)c1Br. The van der Waals surface area contributed by atoms with E-state index in [1.54, 1.807) is 6.92 Å². The number of ether oxygens (including phenoxy) is 1. The van der Waals surface area contributed by atoms with E-state index < -0.39 is 12.4 Å². The topological polar surface area (TPSA) is 39.2 Å². The van der Waals surface area contributed by atoms with Crippen LogP contribution < -0.4 is 0 Å². The van der Waals surface area contributed by atoms with Crippen LogP contribution in [0.1, 0.15) is 35.0 Å². The highest BCUT2D eigenvalue weighted by Gasteiger charge is 2.20. The second kappa shape index (κ2) is 5.34. The quantitative estimate of drug-likeness (QED) is 0.803. The molecule has 0 aliphatic carbocycles. The minimum absolute atomic E-state index is 0.0174. The predicted molar refractivity (Wildman–Crippen MR) is 57.6 cm³/mol. The van der Waals surface area contributed by atoms with E-state index in [9.17, 15) is 13.6 Å². The standard InChI is InChI=1S/C10H10BrF2NO2/c1-3-16-10(15)8-7(11)5(2)6(4-14-8)9(12)13/h4,9H,3H2,1-2H3. The Labute approximate surface area is 99.9 Å². The van der Waals surface area contributed by atoms with Gasteiger partial charge in [0.1, 0.15) is 0 Å². The van der Waals surface area contributed by atoms with Crippen molar-refractivity contribution in [1.29, 1.82) is 0 Å². The zero-order chi connectivity index (χ0) is 12.3. The van der Waals surface area contributed by atoms with E-state index in [1.165, 1.54) is 6.92 Å². The van der Waals surface area contributed by atoms with Crippen molar-refractivity contribution in [3.8, 4) is 0 Å². The summed E-state index contributed by atoms with van der Waals surface area (Å²) in [6.07, 6.45) is -1.61. The second-order valence-corrected chi connectivity index (χ2v) is 3.82. The molecule has 0 unspecified atom stereocenters. The predicted octanol–water partition coefficient (Wildman–Crippen LogP) is 3.27. The molecule has 16 heavy (non-hydrogen) atoms. The van der Waals surface area contributed by atoms with Gasteiger partial charge in [0.25, 0.3) is 6.43 Å². The van der Waals surface area contributed by atoms with E-state index >= 15 is 0 Å². The first-order chi connectivity index (χ1) is 7.49. The number of carbonyl (C=O) groups is 1. The lowest BCUT2D eigenvalue weighted by atomic mass is 10.1. The van der Waals surface area contributed by atoms with Gasteiger partial charge in [0.15, 0.2) is 5.69 Å². The van der Waals surface area contributed by atoms with E-state index in [2.05, 4.69) is 20.9 Å². The molecule has 3 nitrogen and oxygen atoms in total. The molecule has 0 spiro atoms.